The van der Waals surface area contributed by atoms with Gasteiger partial charge in [-0.05, 0) is 32.7 Å². The fourth-order valence-electron chi connectivity index (χ4n) is 2.14. The zero-order valence-corrected chi connectivity index (χ0v) is 10.9. The number of hydrogen-bond donors (Lipinski definition) is 2. The summed E-state index contributed by atoms with van der Waals surface area (Å²) in [6.45, 7) is 5.26. The predicted octanol–water partition coefficient (Wildman–Crippen LogP) is -0.0493. The normalized spacial score (nSPS) is 20.2. The number of likely N-dealkylation sites (tertiary alicyclic amines) is 1. The van der Waals surface area contributed by atoms with E-state index in [1.807, 2.05) is 6.92 Å². The number of carbonyl (C=O) groups is 1. The van der Waals surface area contributed by atoms with Crippen molar-refractivity contribution < 1.29 is 9.53 Å². The Morgan fingerprint density at radius 3 is 2.71 bits per heavy atom. The summed E-state index contributed by atoms with van der Waals surface area (Å²) in [5.74, 6) is 0.0903. The molecule has 1 fully saturated rings. The van der Waals surface area contributed by atoms with Gasteiger partial charge in [-0.3, -0.25) is 9.69 Å². The molecule has 1 saturated heterocycles. The number of nitrogens with one attached hydrogen (secondary N) is 1. The zero-order chi connectivity index (χ0) is 12.7. The van der Waals surface area contributed by atoms with E-state index in [9.17, 15) is 4.79 Å². The zero-order valence-electron chi connectivity index (χ0n) is 10.9. The van der Waals surface area contributed by atoms with Gasteiger partial charge in [0.1, 0.15) is 0 Å². The third kappa shape index (κ3) is 4.61. The van der Waals surface area contributed by atoms with E-state index in [0.29, 0.717) is 12.6 Å². The maximum atomic E-state index is 11.5. The molecule has 0 aromatic heterocycles. The molecule has 0 radical (unpaired) electrons. The van der Waals surface area contributed by atoms with E-state index in [0.717, 1.165) is 39.0 Å². The summed E-state index contributed by atoms with van der Waals surface area (Å²) >= 11 is 0. The van der Waals surface area contributed by atoms with Gasteiger partial charge in [-0.15, -0.1) is 0 Å². The summed E-state index contributed by atoms with van der Waals surface area (Å²) in [4.78, 5) is 13.7. The van der Waals surface area contributed by atoms with E-state index in [1.165, 1.54) is 0 Å². The number of ether oxygens (including phenoxy) is 1. The van der Waals surface area contributed by atoms with Crippen molar-refractivity contribution in [2.75, 3.05) is 33.3 Å². The van der Waals surface area contributed by atoms with Crippen LogP contribution in [0.1, 0.15) is 26.2 Å². The van der Waals surface area contributed by atoms with Crippen molar-refractivity contribution in [2.45, 2.75) is 38.3 Å². The van der Waals surface area contributed by atoms with Gasteiger partial charge in [-0.25, -0.2) is 0 Å². The number of nitrogens with two attached hydrogens (primary N) is 1. The van der Waals surface area contributed by atoms with E-state index >= 15 is 0 Å². The molecular weight excluding hydrogens is 218 g/mol. The Balaban J connectivity index is 2.23. The van der Waals surface area contributed by atoms with Gasteiger partial charge in [0, 0.05) is 26.7 Å². The summed E-state index contributed by atoms with van der Waals surface area (Å²) in [7, 11) is 1.68. The monoisotopic (exact) mass is 243 g/mol. The quantitative estimate of drug-likeness (QED) is 0.642. The highest BCUT2D eigenvalue weighted by atomic mass is 16.5. The van der Waals surface area contributed by atoms with E-state index in [1.54, 1.807) is 7.05 Å². The van der Waals surface area contributed by atoms with Crippen LogP contribution in [0.25, 0.3) is 0 Å². The van der Waals surface area contributed by atoms with Crippen molar-refractivity contribution in [3.05, 3.63) is 0 Å². The minimum absolute atomic E-state index is 0.0370. The number of piperidine rings is 1. The second-order valence-corrected chi connectivity index (χ2v) is 4.54. The topological polar surface area (TPSA) is 67.6 Å². The van der Waals surface area contributed by atoms with Crippen LogP contribution in [0, 0.1) is 0 Å². The van der Waals surface area contributed by atoms with E-state index in [-0.39, 0.29) is 11.9 Å². The molecule has 1 atom stereocenters. The first kappa shape index (κ1) is 14.4. The van der Waals surface area contributed by atoms with Crippen LogP contribution in [0.2, 0.25) is 0 Å². The van der Waals surface area contributed by atoms with E-state index in [4.69, 9.17) is 10.5 Å². The van der Waals surface area contributed by atoms with E-state index < -0.39 is 0 Å². The number of rotatable bonds is 6. The lowest BCUT2D eigenvalue weighted by Gasteiger charge is -2.35. The van der Waals surface area contributed by atoms with Crippen molar-refractivity contribution >= 4 is 5.91 Å². The van der Waals surface area contributed by atoms with Crippen LogP contribution in [0.15, 0.2) is 0 Å². The lowest BCUT2D eigenvalue weighted by molar-refractivity contribution is -0.126. The summed E-state index contributed by atoms with van der Waals surface area (Å²) in [5.41, 5.74) is 5.42. The lowest BCUT2D eigenvalue weighted by Crippen LogP contribution is -2.48. The Kier molecular flexibility index (Phi) is 6.47. The number of amides is 1. The Bertz CT molecular complexity index is 228. The van der Waals surface area contributed by atoms with Gasteiger partial charge in [0.25, 0.3) is 0 Å². The Hall–Kier alpha value is -0.650. The van der Waals surface area contributed by atoms with Crippen molar-refractivity contribution in [2.24, 2.45) is 5.73 Å². The van der Waals surface area contributed by atoms with Gasteiger partial charge in [0.15, 0.2) is 0 Å². The van der Waals surface area contributed by atoms with Gasteiger partial charge < -0.3 is 15.8 Å². The van der Waals surface area contributed by atoms with Crippen LogP contribution in [0.4, 0.5) is 0 Å². The molecule has 0 bridgehead atoms. The fourth-order valence-corrected chi connectivity index (χ4v) is 2.14. The molecular formula is C12H25N3O2. The molecule has 1 unspecified atom stereocenters. The number of carbonyl (C=O) groups excluding carboxylic acids is 1. The van der Waals surface area contributed by atoms with Crippen molar-refractivity contribution in [3.8, 4) is 0 Å². The molecule has 17 heavy (non-hydrogen) atoms. The maximum Gasteiger partial charge on any atom is 0.236 e. The Morgan fingerprint density at radius 1 is 1.53 bits per heavy atom. The van der Waals surface area contributed by atoms with Crippen LogP contribution >= 0.6 is 0 Å². The van der Waals surface area contributed by atoms with Crippen LogP contribution in [0.3, 0.4) is 0 Å². The molecule has 0 aromatic carbocycles. The average Bonchev–Trinajstić information content (AvgIpc) is 2.38. The predicted molar refractivity (Wildman–Crippen MR) is 67.7 cm³/mol. The van der Waals surface area contributed by atoms with Crippen LogP contribution in [0.5, 0.6) is 0 Å². The third-order valence-corrected chi connectivity index (χ3v) is 3.35. The smallest absolute Gasteiger partial charge is 0.236 e. The summed E-state index contributed by atoms with van der Waals surface area (Å²) in [6, 6.07) is -0.0370. The van der Waals surface area contributed by atoms with Crippen LogP contribution in [-0.2, 0) is 9.53 Å². The Labute approximate surface area is 104 Å². The molecule has 3 N–H and O–H groups in total. The highest BCUT2D eigenvalue weighted by Crippen LogP contribution is 2.16. The van der Waals surface area contributed by atoms with Crippen LogP contribution < -0.4 is 11.1 Å². The number of likely N-dealkylation sites (N-methyl/N-ethyl adjacent to an activating group) is 1. The molecule has 0 aliphatic carbocycles. The highest BCUT2D eigenvalue weighted by molar-refractivity contribution is 5.80. The minimum Gasteiger partial charge on any atom is -0.378 e. The SMILES string of the molecule is CNC(=O)C(C)N1CCC(OCCCN)CC1. The first-order valence-corrected chi connectivity index (χ1v) is 6.46. The van der Waals surface area contributed by atoms with Gasteiger partial charge in [0.2, 0.25) is 5.91 Å². The maximum absolute atomic E-state index is 11.5. The second kappa shape index (κ2) is 7.63. The highest BCUT2D eigenvalue weighted by Gasteiger charge is 2.26. The third-order valence-electron chi connectivity index (χ3n) is 3.35. The van der Waals surface area contributed by atoms with Crippen molar-refractivity contribution in [3.63, 3.8) is 0 Å². The fraction of sp³-hybridized carbons (Fsp3) is 0.917. The molecule has 5 nitrogen and oxygen atoms in total. The molecule has 1 aliphatic rings. The number of nitrogens with zero attached hydrogens (tertiary/aromatic N) is 1. The average molecular weight is 243 g/mol. The second-order valence-electron chi connectivity index (χ2n) is 4.54. The van der Waals surface area contributed by atoms with Crippen molar-refractivity contribution in [1.29, 1.82) is 0 Å². The largest absolute Gasteiger partial charge is 0.378 e. The summed E-state index contributed by atoms with van der Waals surface area (Å²) in [6.07, 6.45) is 3.28. The van der Waals surface area contributed by atoms with Gasteiger partial charge in [-0.2, -0.15) is 0 Å². The molecule has 0 aromatic rings. The molecule has 1 rings (SSSR count). The first-order chi connectivity index (χ1) is 8.19. The summed E-state index contributed by atoms with van der Waals surface area (Å²) < 4.78 is 5.73. The molecule has 1 heterocycles. The molecule has 5 heteroatoms. The number of hydrogen-bond acceptors (Lipinski definition) is 4. The first-order valence-electron chi connectivity index (χ1n) is 6.46. The molecule has 1 amide bonds. The molecule has 1 aliphatic heterocycles. The van der Waals surface area contributed by atoms with Crippen molar-refractivity contribution in [1.82, 2.24) is 10.2 Å². The standard InChI is InChI=1S/C12H25N3O2/c1-10(12(16)14-2)15-7-4-11(5-8-15)17-9-3-6-13/h10-11H,3-9,13H2,1-2H3,(H,14,16). The van der Waals surface area contributed by atoms with Crippen LogP contribution in [-0.4, -0.2) is 56.2 Å². The summed E-state index contributed by atoms with van der Waals surface area (Å²) in [5, 5.41) is 2.69. The minimum atomic E-state index is -0.0370. The van der Waals surface area contributed by atoms with Gasteiger partial charge in [-0.1, -0.05) is 0 Å². The van der Waals surface area contributed by atoms with Gasteiger partial charge >= 0.3 is 0 Å². The molecule has 100 valence electrons. The Morgan fingerprint density at radius 2 is 2.18 bits per heavy atom. The molecule has 0 saturated carbocycles. The lowest BCUT2D eigenvalue weighted by atomic mass is 10.1. The van der Waals surface area contributed by atoms with Gasteiger partial charge in [0.05, 0.1) is 12.1 Å². The molecule has 0 spiro atoms. The van der Waals surface area contributed by atoms with E-state index in [2.05, 4.69) is 10.2 Å².